The molecule has 4 nitrogen and oxygen atoms in total. The van der Waals surface area contributed by atoms with Gasteiger partial charge in [0.05, 0.1) is 0 Å². The molecule has 1 rings (SSSR count). The number of ether oxygens (including phenoxy) is 1. The van der Waals surface area contributed by atoms with Crippen molar-refractivity contribution in [3.8, 4) is 0 Å². The number of rotatable bonds is 7. The van der Waals surface area contributed by atoms with Crippen LogP contribution in [0, 0.1) is 0 Å². The van der Waals surface area contributed by atoms with Crippen molar-refractivity contribution >= 4 is 11.9 Å². The fourth-order valence-corrected chi connectivity index (χ4v) is 1.86. The number of carbonyl (C=O) groups excluding carboxylic acids is 2. The van der Waals surface area contributed by atoms with E-state index in [2.05, 4.69) is 5.32 Å². The molecule has 116 valence electrons. The highest BCUT2D eigenvalue weighted by atomic mass is 16.6. The molecule has 21 heavy (non-hydrogen) atoms. The molecule has 0 saturated heterocycles. The molecule has 1 amide bonds. The zero-order valence-corrected chi connectivity index (χ0v) is 13.1. The maximum Gasteiger partial charge on any atom is 0.407 e. The molecular weight excluding hydrogens is 266 g/mol. The Kier molecular flexibility index (Phi) is 6.92. The Bertz CT molecular complexity index is 449. The number of hydrogen-bond acceptors (Lipinski definition) is 3. The summed E-state index contributed by atoms with van der Waals surface area (Å²) in [6, 6.07) is 9.33. The van der Waals surface area contributed by atoms with Crippen molar-refractivity contribution in [3.63, 3.8) is 0 Å². The number of Topliss-reactive ketones (excluding diaryl/α,β-unsaturated/α-hetero) is 1. The molecule has 1 aromatic carbocycles. The number of amides is 1. The molecule has 0 aliphatic heterocycles. The van der Waals surface area contributed by atoms with Crippen LogP contribution in [0.4, 0.5) is 4.79 Å². The molecule has 0 spiro atoms. The average Bonchev–Trinajstić information content (AvgIpc) is 2.41. The quantitative estimate of drug-likeness (QED) is 0.611. The number of unbranched alkanes of at least 4 members (excludes halogenated alkanes) is 2. The van der Waals surface area contributed by atoms with Crippen molar-refractivity contribution in [3.05, 3.63) is 35.9 Å². The van der Waals surface area contributed by atoms with Crippen LogP contribution >= 0.6 is 0 Å². The zero-order valence-electron chi connectivity index (χ0n) is 13.1. The summed E-state index contributed by atoms with van der Waals surface area (Å²) in [5.41, 5.74) is 0.302. The van der Waals surface area contributed by atoms with Gasteiger partial charge in [0.15, 0.2) is 5.78 Å². The van der Waals surface area contributed by atoms with Gasteiger partial charge < -0.3 is 10.1 Å². The van der Waals surface area contributed by atoms with Crippen LogP contribution in [0.2, 0.25) is 0 Å². The van der Waals surface area contributed by atoms with Gasteiger partial charge in [-0.05, 0) is 33.6 Å². The predicted octanol–water partition coefficient (Wildman–Crippen LogP) is 3.95. The van der Waals surface area contributed by atoms with Gasteiger partial charge >= 0.3 is 6.09 Å². The number of alkyl carbamates (subject to hydrolysis) is 1. The first-order valence-electron chi connectivity index (χ1n) is 7.43. The Balaban J connectivity index is 2.07. The molecule has 0 atom stereocenters. The summed E-state index contributed by atoms with van der Waals surface area (Å²) in [5.74, 6) is 0.177. The molecule has 0 bridgehead atoms. The van der Waals surface area contributed by atoms with Crippen molar-refractivity contribution in [2.24, 2.45) is 0 Å². The maximum absolute atomic E-state index is 11.9. The number of hydrogen-bond donors (Lipinski definition) is 1. The van der Waals surface area contributed by atoms with E-state index in [0.717, 1.165) is 24.8 Å². The summed E-state index contributed by atoms with van der Waals surface area (Å²) >= 11 is 0. The number of carbonyl (C=O) groups is 2. The van der Waals surface area contributed by atoms with Gasteiger partial charge in [0.1, 0.15) is 5.60 Å². The largest absolute Gasteiger partial charge is 0.444 e. The minimum Gasteiger partial charge on any atom is -0.444 e. The first-order valence-corrected chi connectivity index (χ1v) is 7.43. The smallest absolute Gasteiger partial charge is 0.407 e. The number of nitrogens with one attached hydrogen (secondary N) is 1. The Morgan fingerprint density at radius 3 is 2.33 bits per heavy atom. The Hall–Kier alpha value is -1.84. The lowest BCUT2D eigenvalue weighted by molar-refractivity contribution is 0.0526. The molecular formula is C17H25NO3. The van der Waals surface area contributed by atoms with Gasteiger partial charge in [-0.2, -0.15) is 0 Å². The van der Waals surface area contributed by atoms with Crippen molar-refractivity contribution in [2.75, 3.05) is 6.54 Å². The second-order valence-corrected chi connectivity index (χ2v) is 6.03. The van der Waals surface area contributed by atoms with Crippen LogP contribution in [0.15, 0.2) is 30.3 Å². The molecule has 0 aromatic heterocycles. The van der Waals surface area contributed by atoms with Crippen molar-refractivity contribution in [1.29, 1.82) is 0 Å². The summed E-state index contributed by atoms with van der Waals surface area (Å²) in [6.07, 6.45) is 2.76. The molecule has 0 unspecified atom stereocenters. The SMILES string of the molecule is CC(C)(C)OC(=O)NCCCCCC(=O)c1ccccc1. The molecule has 1 N–H and O–H groups in total. The van der Waals surface area contributed by atoms with E-state index in [1.807, 2.05) is 51.1 Å². The third-order valence-electron chi connectivity index (χ3n) is 2.84. The van der Waals surface area contributed by atoms with Crippen LogP contribution in [-0.4, -0.2) is 24.0 Å². The van der Waals surface area contributed by atoms with Gasteiger partial charge in [0.25, 0.3) is 0 Å². The molecule has 0 aliphatic rings. The summed E-state index contributed by atoms with van der Waals surface area (Å²) in [6.45, 7) is 6.08. The fraction of sp³-hybridized carbons (Fsp3) is 0.529. The molecule has 0 heterocycles. The number of ketones is 1. The van der Waals surface area contributed by atoms with Crippen molar-refractivity contribution < 1.29 is 14.3 Å². The molecule has 0 fully saturated rings. The second-order valence-electron chi connectivity index (χ2n) is 6.03. The molecule has 4 heteroatoms. The first-order chi connectivity index (χ1) is 9.88. The van der Waals surface area contributed by atoms with Crippen LogP contribution < -0.4 is 5.32 Å². The van der Waals surface area contributed by atoms with Crippen LogP contribution in [0.1, 0.15) is 56.8 Å². The maximum atomic E-state index is 11.9. The third kappa shape index (κ3) is 8.12. The van der Waals surface area contributed by atoms with Crippen LogP contribution in [0.5, 0.6) is 0 Å². The van der Waals surface area contributed by atoms with E-state index in [-0.39, 0.29) is 11.9 Å². The van der Waals surface area contributed by atoms with E-state index >= 15 is 0 Å². The monoisotopic (exact) mass is 291 g/mol. The van der Waals surface area contributed by atoms with Crippen molar-refractivity contribution in [2.45, 2.75) is 52.1 Å². The second kappa shape index (κ2) is 8.45. The number of benzene rings is 1. The minimum absolute atomic E-state index is 0.177. The highest BCUT2D eigenvalue weighted by Crippen LogP contribution is 2.08. The lowest BCUT2D eigenvalue weighted by Crippen LogP contribution is -2.32. The topological polar surface area (TPSA) is 55.4 Å². The Morgan fingerprint density at radius 2 is 1.71 bits per heavy atom. The lowest BCUT2D eigenvalue weighted by atomic mass is 10.0. The van der Waals surface area contributed by atoms with E-state index in [4.69, 9.17) is 4.74 Å². The molecule has 0 saturated carbocycles. The molecule has 0 aliphatic carbocycles. The van der Waals surface area contributed by atoms with Gasteiger partial charge in [-0.25, -0.2) is 4.79 Å². The average molecular weight is 291 g/mol. The predicted molar refractivity (Wildman–Crippen MR) is 83.5 cm³/mol. The van der Waals surface area contributed by atoms with Gasteiger partial charge in [0, 0.05) is 18.5 Å². The normalized spacial score (nSPS) is 11.0. The highest BCUT2D eigenvalue weighted by Gasteiger charge is 2.15. The van der Waals surface area contributed by atoms with Crippen LogP contribution in [0.25, 0.3) is 0 Å². The molecule has 0 radical (unpaired) electrons. The van der Waals surface area contributed by atoms with Gasteiger partial charge in [-0.1, -0.05) is 36.8 Å². The zero-order chi connectivity index (χ0) is 15.7. The first kappa shape index (κ1) is 17.2. The van der Waals surface area contributed by atoms with E-state index in [1.165, 1.54) is 0 Å². The Labute approximate surface area is 126 Å². The van der Waals surface area contributed by atoms with Crippen LogP contribution in [0.3, 0.4) is 0 Å². The van der Waals surface area contributed by atoms with E-state index in [0.29, 0.717) is 13.0 Å². The lowest BCUT2D eigenvalue weighted by Gasteiger charge is -2.19. The standard InChI is InChI=1S/C17H25NO3/c1-17(2,3)21-16(20)18-13-9-5-8-12-15(19)14-10-6-4-7-11-14/h4,6-7,10-11H,5,8-9,12-13H2,1-3H3,(H,18,20). The van der Waals surface area contributed by atoms with E-state index < -0.39 is 5.60 Å². The van der Waals surface area contributed by atoms with E-state index in [1.54, 1.807) is 0 Å². The summed E-state index contributed by atoms with van der Waals surface area (Å²) in [5, 5.41) is 2.71. The van der Waals surface area contributed by atoms with Gasteiger partial charge in [0.2, 0.25) is 0 Å². The van der Waals surface area contributed by atoms with E-state index in [9.17, 15) is 9.59 Å². The summed E-state index contributed by atoms with van der Waals surface area (Å²) in [7, 11) is 0. The fourth-order valence-electron chi connectivity index (χ4n) is 1.86. The van der Waals surface area contributed by atoms with Crippen molar-refractivity contribution in [1.82, 2.24) is 5.32 Å². The summed E-state index contributed by atoms with van der Waals surface area (Å²) in [4.78, 5) is 23.2. The van der Waals surface area contributed by atoms with Gasteiger partial charge in [-0.15, -0.1) is 0 Å². The van der Waals surface area contributed by atoms with Gasteiger partial charge in [-0.3, -0.25) is 4.79 Å². The third-order valence-corrected chi connectivity index (χ3v) is 2.84. The summed E-state index contributed by atoms with van der Waals surface area (Å²) < 4.78 is 5.14. The van der Waals surface area contributed by atoms with Crippen LogP contribution in [-0.2, 0) is 4.74 Å². The molecule has 1 aromatic rings. The Morgan fingerprint density at radius 1 is 1.05 bits per heavy atom. The minimum atomic E-state index is -0.466. The highest BCUT2D eigenvalue weighted by molar-refractivity contribution is 5.95.